The number of nitrogens with two attached hydrogens (primary N) is 1. The highest BCUT2D eigenvalue weighted by Crippen LogP contribution is 2.41. The van der Waals surface area contributed by atoms with E-state index in [1.807, 2.05) is 48.5 Å². The van der Waals surface area contributed by atoms with Crippen molar-refractivity contribution in [2.75, 3.05) is 18.0 Å². The predicted molar refractivity (Wildman–Crippen MR) is 155 cm³/mol. The zero-order valence-corrected chi connectivity index (χ0v) is 21.8. The van der Waals surface area contributed by atoms with Crippen molar-refractivity contribution < 1.29 is 14.3 Å². The zero-order chi connectivity index (χ0) is 27.4. The van der Waals surface area contributed by atoms with Crippen molar-refractivity contribution in [2.45, 2.75) is 25.0 Å². The molecule has 2 atom stereocenters. The monoisotopic (exact) mass is 532 g/mol. The number of rotatable bonds is 5. The molecule has 6 nitrogen and oxygen atoms in total. The summed E-state index contributed by atoms with van der Waals surface area (Å²) in [6, 6.07) is 27.5. The van der Waals surface area contributed by atoms with Crippen molar-refractivity contribution in [1.82, 2.24) is 9.88 Å². The molecule has 1 saturated heterocycles. The van der Waals surface area contributed by atoms with E-state index in [9.17, 15) is 14.3 Å². The smallest absolute Gasteiger partial charge is 0.255 e. The van der Waals surface area contributed by atoms with E-state index in [2.05, 4.69) is 34.1 Å². The van der Waals surface area contributed by atoms with Gasteiger partial charge in [-0.25, -0.2) is 4.39 Å². The van der Waals surface area contributed by atoms with E-state index in [1.54, 1.807) is 4.90 Å². The summed E-state index contributed by atoms with van der Waals surface area (Å²) in [5.74, 6) is -0.694. The average Bonchev–Trinajstić information content (AvgIpc) is 3.68. The number of aromatic amines is 1. The van der Waals surface area contributed by atoms with E-state index in [0.29, 0.717) is 23.4 Å². The van der Waals surface area contributed by atoms with Crippen LogP contribution in [0.25, 0.3) is 22.0 Å². The average molecular weight is 533 g/mol. The van der Waals surface area contributed by atoms with Gasteiger partial charge in [0.1, 0.15) is 17.6 Å². The maximum atomic E-state index is 14.4. The number of aromatic nitrogens is 1. The molecule has 0 saturated carbocycles. The summed E-state index contributed by atoms with van der Waals surface area (Å²) in [7, 11) is 0. The van der Waals surface area contributed by atoms with Crippen LogP contribution in [-0.2, 0) is 6.54 Å². The second-order valence-corrected chi connectivity index (χ2v) is 10.8. The van der Waals surface area contributed by atoms with Gasteiger partial charge in [0.05, 0.1) is 0 Å². The molecule has 0 unspecified atom stereocenters. The largest absolute Gasteiger partial charge is 0.508 e. The van der Waals surface area contributed by atoms with E-state index in [-0.39, 0.29) is 17.7 Å². The Labute approximate surface area is 231 Å². The molecule has 7 rings (SSSR count). The quantitative estimate of drug-likeness (QED) is 0.261. The number of benzene rings is 4. The number of carbonyl (C=O) groups is 1. The number of nitrogens with one attached hydrogen (secondary N) is 1. The lowest BCUT2D eigenvalue weighted by molar-refractivity contribution is 0.0726. The summed E-state index contributed by atoms with van der Waals surface area (Å²) in [4.78, 5) is 21.3. The summed E-state index contributed by atoms with van der Waals surface area (Å²) in [5, 5.41) is 11.8. The summed E-state index contributed by atoms with van der Waals surface area (Å²) in [6.07, 6.45) is 0.998. The normalized spacial score (nSPS) is 17.6. The van der Waals surface area contributed by atoms with E-state index < -0.39 is 11.9 Å². The van der Waals surface area contributed by atoms with Crippen LogP contribution in [0.15, 0.2) is 91.0 Å². The standard InChI is InChI=1S/C33H29FN4O2/c34-24-9-12-31(39)28(17-24)32(30-16-22-3-1-2-4-29(22)36-30)38-18-23-6-5-21(15-27(23)33(38)40)20-7-10-26(11-8-20)37-14-13-25(35)19-37/h1-12,15-17,25,32,36,39H,13-14,18-19,35H2/t25-,32+/m0/s1. The Morgan fingerprint density at radius 1 is 0.950 bits per heavy atom. The van der Waals surface area contributed by atoms with Crippen molar-refractivity contribution in [3.8, 4) is 16.9 Å². The van der Waals surface area contributed by atoms with Crippen LogP contribution in [0, 0.1) is 5.82 Å². The van der Waals surface area contributed by atoms with Gasteiger partial charge >= 0.3 is 0 Å². The molecule has 2 aliphatic rings. The summed E-state index contributed by atoms with van der Waals surface area (Å²) in [5.41, 5.74) is 12.7. The van der Waals surface area contributed by atoms with Crippen LogP contribution in [0.4, 0.5) is 10.1 Å². The number of hydrogen-bond acceptors (Lipinski definition) is 4. The van der Waals surface area contributed by atoms with Crippen LogP contribution in [-0.4, -0.2) is 40.0 Å². The predicted octanol–water partition coefficient (Wildman–Crippen LogP) is 5.96. The molecule has 0 radical (unpaired) electrons. The van der Waals surface area contributed by atoms with Crippen molar-refractivity contribution in [3.05, 3.63) is 119 Å². The fourth-order valence-electron chi connectivity index (χ4n) is 6.09. The minimum Gasteiger partial charge on any atom is -0.508 e. The number of nitrogens with zero attached hydrogens (tertiary/aromatic N) is 2. The van der Waals surface area contributed by atoms with E-state index in [1.165, 1.54) is 18.2 Å². The van der Waals surface area contributed by atoms with Gasteiger partial charge in [-0.15, -0.1) is 0 Å². The third kappa shape index (κ3) is 4.19. The minimum absolute atomic E-state index is 0.0615. The number of fused-ring (bicyclic) bond motifs is 2. The Kier molecular flexibility index (Phi) is 5.82. The summed E-state index contributed by atoms with van der Waals surface area (Å²) in [6.45, 7) is 2.17. The van der Waals surface area contributed by atoms with Gasteiger partial charge in [-0.2, -0.15) is 0 Å². The lowest BCUT2D eigenvalue weighted by Gasteiger charge is -2.28. The van der Waals surface area contributed by atoms with Crippen molar-refractivity contribution in [2.24, 2.45) is 5.73 Å². The molecule has 4 N–H and O–H groups in total. The Hall–Kier alpha value is -4.62. The Morgan fingerprint density at radius 2 is 1.75 bits per heavy atom. The number of hydrogen-bond donors (Lipinski definition) is 3. The molecule has 0 spiro atoms. The molecule has 7 heteroatoms. The topological polar surface area (TPSA) is 85.6 Å². The van der Waals surface area contributed by atoms with Gasteiger partial charge in [-0.3, -0.25) is 4.79 Å². The van der Waals surface area contributed by atoms with E-state index in [4.69, 9.17) is 5.73 Å². The Balaban J connectivity index is 1.24. The van der Waals surface area contributed by atoms with Gasteiger partial charge in [0, 0.05) is 53.7 Å². The molecule has 40 heavy (non-hydrogen) atoms. The van der Waals surface area contributed by atoms with Gasteiger partial charge in [-0.05, 0) is 77.0 Å². The van der Waals surface area contributed by atoms with Gasteiger partial charge in [0.2, 0.25) is 0 Å². The van der Waals surface area contributed by atoms with Crippen LogP contribution in [0.3, 0.4) is 0 Å². The number of aromatic hydroxyl groups is 1. The molecule has 1 fully saturated rings. The molecular formula is C33H29FN4O2. The third-order valence-corrected chi connectivity index (χ3v) is 8.17. The Bertz CT molecular complexity index is 1710. The van der Waals surface area contributed by atoms with Crippen LogP contribution in [0.5, 0.6) is 5.75 Å². The maximum Gasteiger partial charge on any atom is 0.255 e. The SMILES string of the molecule is N[C@H]1CCN(c2ccc(-c3ccc4c(c3)C(=O)N([C@@H](c3cc5ccccc5[nH]3)c3cc(F)ccc3O)C4)cc2)C1. The number of anilines is 1. The molecule has 200 valence electrons. The molecular weight excluding hydrogens is 503 g/mol. The van der Waals surface area contributed by atoms with Crippen molar-refractivity contribution in [1.29, 1.82) is 0 Å². The number of H-pyrrole nitrogens is 1. The summed E-state index contributed by atoms with van der Waals surface area (Å²) < 4.78 is 14.4. The first-order valence-electron chi connectivity index (χ1n) is 13.6. The lowest BCUT2D eigenvalue weighted by Crippen LogP contribution is -2.30. The van der Waals surface area contributed by atoms with Gasteiger partial charge < -0.3 is 25.6 Å². The Morgan fingerprint density at radius 3 is 2.52 bits per heavy atom. The molecule has 3 heterocycles. The second-order valence-electron chi connectivity index (χ2n) is 10.8. The number of phenolic OH excluding ortho intramolecular Hbond substituents is 1. The fraction of sp³-hybridized carbons (Fsp3) is 0.182. The van der Waals surface area contributed by atoms with Gasteiger partial charge in [0.25, 0.3) is 5.91 Å². The van der Waals surface area contributed by atoms with Crippen LogP contribution in [0.1, 0.15) is 39.6 Å². The molecule has 4 aromatic carbocycles. The van der Waals surface area contributed by atoms with E-state index >= 15 is 0 Å². The zero-order valence-electron chi connectivity index (χ0n) is 21.8. The van der Waals surface area contributed by atoms with Crippen LogP contribution < -0.4 is 10.6 Å². The van der Waals surface area contributed by atoms with Crippen molar-refractivity contribution >= 4 is 22.5 Å². The first kappa shape index (κ1) is 24.4. The highest BCUT2D eigenvalue weighted by molar-refractivity contribution is 6.00. The number of carbonyl (C=O) groups excluding carboxylic acids is 1. The molecule has 1 amide bonds. The van der Waals surface area contributed by atoms with Gasteiger partial charge in [0.15, 0.2) is 0 Å². The first-order valence-corrected chi connectivity index (χ1v) is 13.6. The van der Waals surface area contributed by atoms with E-state index in [0.717, 1.165) is 52.8 Å². The number of phenols is 1. The summed E-state index contributed by atoms with van der Waals surface area (Å²) >= 11 is 0. The highest BCUT2D eigenvalue weighted by atomic mass is 19.1. The minimum atomic E-state index is -0.697. The van der Waals surface area contributed by atoms with Crippen LogP contribution >= 0.6 is 0 Å². The number of para-hydroxylation sites is 1. The fourth-order valence-corrected chi connectivity index (χ4v) is 6.09. The van der Waals surface area contributed by atoms with Gasteiger partial charge in [-0.1, -0.05) is 42.5 Å². The molecule has 2 aliphatic heterocycles. The molecule has 0 aliphatic carbocycles. The molecule has 1 aromatic heterocycles. The number of amides is 1. The third-order valence-electron chi connectivity index (χ3n) is 8.17. The first-order chi connectivity index (χ1) is 19.4. The molecule has 0 bridgehead atoms. The highest BCUT2D eigenvalue weighted by Gasteiger charge is 2.37. The van der Waals surface area contributed by atoms with Crippen LogP contribution in [0.2, 0.25) is 0 Å². The number of halogens is 1. The van der Waals surface area contributed by atoms with Crippen molar-refractivity contribution in [3.63, 3.8) is 0 Å². The maximum absolute atomic E-state index is 14.4. The lowest BCUT2D eigenvalue weighted by atomic mass is 10.00. The second kappa shape index (κ2) is 9.54. The molecule has 5 aromatic rings.